The lowest BCUT2D eigenvalue weighted by Crippen LogP contribution is -1.95. The number of aromatic amines is 1. The molecule has 3 rings (SSSR count). The number of fused-ring (bicyclic) bond motifs is 1. The van der Waals surface area contributed by atoms with Crippen molar-refractivity contribution in [2.24, 2.45) is 0 Å². The molecule has 0 bridgehead atoms. The maximum absolute atomic E-state index is 4.67. The van der Waals surface area contributed by atoms with Crippen molar-refractivity contribution in [2.75, 3.05) is 5.32 Å². The van der Waals surface area contributed by atoms with Crippen LogP contribution in [0.25, 0.3) is 21.7 Å². The molecule has 0 saturated carbocycles. The second kappa shape index (κ2) is 6.45. The standard InChI is InChI=1S/C18H17N3S/c1-3-5-7-13(4-2)19-14-9-10-15-16(12-14)21-18(20-15)17-8-6-11-22-17/h3-12,19H,2H2,1H3,(H,20,21)/b5-3-,13-7+. The molecule has 3 nitrogen and oxygen atoms in total. The van der Waals surface area contributed by atoms with E-state index in [0.717, 1.165) is 33.1 Å². The molecular weight excluding hydrogens is 290 g/mol. The average Bonchev–Trinajstić information content (AvgIpc) is 3.19. The molecule has 2 N–H and O–H groups in total. The Morgan fingerprint density at radius 1 is 1.36 bits per heavy atom. The molecule has 4 heteroatoms. The number of anilines is 1. The lowest BCUT2D eigenvalue weighted by molar-refractivity contribution is 1.36. The fourth-order valence-corrected chi connectivity index (χ4v) is 2.81. The van der Waals surface area contributed by atoms with E-state index in [4.69, 9.17) is 0 Å². The number of allylic oxidation sites excluding steroid dienone is 4. The molecule has 0 saturated heterocycles. The third kappa shape index (κ3) is 3.02. The number of nitrogens with zero attached hydrogens (tertiary/aromatic N) is 1. The zero-order valence-electron chi connectivity index (χ0n) is 12.3. The van der Waals surface area contributed by atoms with Gasteiger partial charge in [0.2, 0.25) is 0 Å². The van der Waals surface area contributed by atoms with E-state index in [1.54, 1.807) is 17.4 Å². The summed E-state index contributed by atoms with van der Waals surface area (Å²) in [7, 11) is 0. The highest BCUT2D eigenvalue weighted by atomic mass is 32.1. The molecule has 0 amide bonds. The Bertz CT molecular complexity index is 838. The van der Waals surface area contributed by atoms with Gasteiger partial charge in [0.05, 0.1) is 15.9 Å². The number of H-pyrrole nitrogens is 1. The fraction of sp³-hybridized carbons (Fsp3) is 0.0556. The van der Waals surface area contributed by atoms with Gasteiger partial charge in [-0.15, -0.1) is 11.3 Å². The lowest BCUT2D eigenvalue weighted by Gasteiger charge is -2.06. The normalized spacial score (nSPS) is 12.1. The summed E-state index contributed by atoms with van der Waals surface area (Å²) in [6.45, 7) is 5.81. The van der Waals surface area contributed by atoms with Gasteiger partial charge in [0.1, 0.15) is 5.82 Å². The van der Waals surface area contributed by atoms with Crippen LogP contribution in [0.1, 0.15) is 6.92 Å². The topological polar surface area (TPSA) is 40.7 Å². The van der Waals surface area contributed by atoms with Gasteiger partial charge in [0.25, 0.3) is 0 Å². The predicted octanol–water partition coefficient (Wildman–Crippen LogP) is 5.35. The van der Waals surface area contributed by atoms with Crippen molar-refractivity contribution >= 4 is 28.1 Å². The molecule has 0 aliphatic heterocycles. The second-order valence-corrected chi connectivity index (χ2v) is 5.72. The highest BCUT2D eigenvalue weighted by molar-refractivity contribution is 7.13. The van der Waals surface area contributed by atoms with E-state index in [0.29, 0.717) is 0 Å². The molecule has 1 aromatic carbocycles. The van der Waals surface area contributed by atoms with Crippen LogP contribution in [0.15, 0.2) is 72.3 Å². The first-order valence-corrected chi connectivity index (χ1v) is 7.94. The number of benzene rings is 1. The van der Waals surface area contributed by atoms with Gasteiger partial charge < -0.3 is 10.3 Å². The molecule has 0 atom stereocenters. The summed E-state index contributed by atoms with van der Waals surface area (Å²) in [4.78, 5) is 9.16. The van der Waals surface area contributed by atoms with Gasteiger partial charge in [0.15, 0.2) is 0 Å². The molecule has 0 spiro atoms. The van der Waals surface area contributed by atoms with E-state index < -0.39 is 0 Å². The second-order valence-electron chi connectivity index (χ2n) is 4.77. The van der Waals surface area contributed by atoms with Crippen LogP contribution in [-0.4, -0.2) is 9.97 Å². The van der Waals surface area contributed by atoms with Crippen molar-refractivity contribution in [1.82, 2.24) is 9.97 Å². The first kappa shape index (κ1) is 14.4. The molecule has 0 unspecified atom stereocenters. The molecule has 0 aliphatic carbocycles. The van der Waals surface area contributed by atoms with E-state index in [1.165, 1.54) is 0 Å². The van der Waals surface area contributed by atoms with Crippen LogP contribution in [0, 0.1) is 0 Å². The van der Waals surface area contributed by atoms with Gasteiger partial charge in [-0.25, -0.2) is 4.98 Å². The Kier molecular flexibility index (Phi) is 4.21. The van der Waals surface area contributed by atoms with Crippen molar-refractivity contribution in [2.45, 2.75) is 6.92 Å². The van der Waals surface area contributed by atoms with Crippen LogP contribution in [0.4, 0.5) is 5.69 Å². The third-order valence-electron chi connectivity index (χ3n) is 3.21. The zero-order valence-corrected chi connectivity index (χ0v) is 13.2. The number of hydrogen-bond acceptors (Lipinski definition) is 3. The number of imidazole rings is 1. The predicted molar refractivity (Wildman–Crippen MR) is 96.1 cm³/mol. The van der Waals surface area contributed by atoms with Gasteiger partial charge in [-0.2, -0.15) is 0 Å². The van der Waals surface area contributed by atoms with Gasteiger partial charge in [0, 0.05) is 11.4 Å². The molecule has 110 valence electrons. The minimum absolute atomic E-state index is 0.913. The van der Waals surface area contributed by atoms with Crippen LogP contribution in [0.2, 0.25) is 0 Å². The van der Waals surface area contributed by atoms with Crippen molar-refractivity contribution < 1.29 is 0 Å². The summed E-state index contributed by atoms with van der Waals surface area (Å²) in [5, 5.41) is 5.39. The number of hydrogen-bond donors (Lipinski definition) is 2. The average molecular weight is 307 g/mol. The quantitative estimate of drug-likeness (QED) is 0.624. The summed E-state index contributed by atoms with van der Waals surface area (Å²) >= 11 is 1.68. The van der Waals surface area contributed by atoms with Crippen LogP contribution in [0.3, 0.4) is 0 Å². The zero-order chi connectivity index (χ0) is 15.4. The van der Waals surface area contributed by atoms with Gasteiger partial charge in [-0.1, -0.05) is 24.8 Å². The fourth-order valence-electron chi connectivity index (χ4n) is 2.14. The first-order chi connectivity index (χ1) is 10.8. The molecule has 0 radical (unpaired) electrons. The van der Waals surface area contributed by atoms with Crippen LogP contribution < -0.4 is 5.32 Å². The van der Waals surface area contributed by atoms with Crippen LogP contribution >= 0.6 is 11.3 Å². The summed E-state index contributed by atoms with van der Waals surface area (Å²) in [6.07, 6.45) is 7.74. The molecule has 2 heterocycles. The third-order valence-corrected chi connectivity index (χ3v) is 4.09. The van der Waals surface area contributed by atoms with Crippen molar-refractivity contribution in [3.63, 3.8) is 0 Å². The first-order valence-electron chi connectivity index (χ1n) is 7.06. The van der Waals surface area contributed by atoms with E-state index >= 15 is 0 Å². The Labute approximate surface area is 133 Å². The van der Waals surface area contributed by atoms with Crippen molar-refractivity contribution in [3.05, 3.63) is 72.3 Å². The molecule has 3 aromatic rings. The van der Waals surface area contributed by atoms with Gasteiger partial charge in [-0.05, 0) is 48.7 Å². The molecule has 22 heavy (non-hydrogen) atoms. The monoisotopic (exact) mass is 307 g/mol. The van der Waals surface area contributed by atoms with Crippen LogP contribution in [-0.2, 0) is 0 Å². The summed E-state index contributed by atoms with van der Waals surface area (Å²) < 4.78 is 0. The smallest absolute Gasteiger partial charge is 0.148 e. The minimum atomic E-state index is 0.913. The Balaban J connectivity index is 1.91. The Morgan fingerprint density at radius 2 is 2.27 bits per heavy atom. The number of rotatable bonds is 5. The molecule has 2 aromatic heterocycles. The maximum Gasteiger partial charge on any atom is 0.148 e. The van der Waals surface area contributed by atoms with E-state index in [1.807, 2.05) is 49.4 Å². The summed E-state index contributed by atoms with van der Waals surface area (Å²) in [6, 6.07) is 10.2. The van der Waals surface area contributed by atoms with Gasteiger partial charge in [-0.3, -0.25) is 0 Å². The Morgan fingerprint density at radius 3 is 3.00 bits per heavy atom. The largest absolute Gasteiger partial charge is 0.355 e. The highest BCUT2D eigenvalue weighted by Crippen LogP contribution is 2.26. The number of thiophene rings is 1. The molecule has 0 fully saturated rings. The lowest BCUT2D eigenvalue weighted by atomic mass is 10.2. The summed E-state index contributed by atoms with van der Waals surface area (Å²) in [5.41, 5.74) is 3.92. The van der Waals surface area contributed by atoms with E-state index in [9.17, 15) is 0 Å². The SMILES string of the molecule is C=C/C(=C\C=C/C)Nc1ccc2[nH]c(-c3cccs3)nc2c1. The van der Waals surface area contributed by atoms with E-state index in [-0.39, 0.29) is 0 Å². The Hall–Kier alpha value is -2.59. The highest BCUT2D eigenvalue weighted by Gasteiger charge is 2.06. The molecular formula is C18H17N3S. The molecule has 0 aliphatic rings. The van der Waals surface area contributed by atoms with Crippen LogP contribution in [0.5, 0.6) is 0 Å². The van der Waals surface area contributed by atoms with Crippen molar-refractivity contribution in [1.29, 1.82) is 0 Å². The minimum Gasteiger partial charge on any atom is -0.355 e. The number of aromatic nitrogens is 2. The van der Waals surface area contributed by atoms with Gasteiger partial charge >= 0.3 is 0 Å². The van der Waals surface area contributed by atoms with Crippen molar-refractivity contribution in [3.8, 4) is 10.7 Å². The maximum atomic E-state index is 4.67. The summed E-state index contributed by atoms with van der Waals surface area (Å²) in [5.74, 6) is 0.913. The van der Waals surface area contributed by atoms with E-state index in [2.05, 4.69) is 33.3 Å². The number of nitrogens with one attached hydrogen (secondary N) is 2.